The van der Waals surface area contributed by atoms with Gasteiger partial charge in [0.15, 0.2) is 11.5 Å². The van der Waals surface area contributed by atoms with Crippen LogP contribution in [0.5, 0.6) is 11.5 Å². The number of rotatable bonds is 3. The molecule has 0 aromatic heterocycles. The van der Waals surface area contributed by atoms with Crippen LogP contribution in [-0.2, 0) is 0 Å². The molecule has 0 spiro atoms. The molecule has 1 rings (SSSR count). The molecule has 3 nitrogen and oxygen atoms in total. The van der Waals surface area contributed by atoms with Gasteiger partial charge in [-0.25, -0.2) is 0 Å². The molecule has 0 heterocycles. The number of hydrogen-bond donors (Lipinski definition) is 2. The molecule has 0 atom stereocenters. The van der Waals surface area contributed by atoms with Crippen LogP contribution in [0.4, 0.5) is 0 Å². The summed E-state index contributed by atoms with van der Waals surface area (Å²) in [6.07, 6.45) is 3.46. The molecule has 0 amide bonds. The van der Waals surface area contributed by atoms with Crippen LogP contribution >= 0.6 is 11.6 Å². The van der Waals surface area contributed by atoms with E-state index in [1.54, 1.807) is 18.2 Å². The first-order chi connectivity index (χ1) is 6.70. The van der Waals surface area contributed by atoms with Crippen LogP contribution in [0, 0.1) is 0 Å². The lowest BCUT2D eigenvalue weighted by molar-refractivity contribution is 0.372. The molecule has 0 unspecified atom stereocenters. The first-order valence-electron chi connectivity index (χ1n) is 4.12. The van der Waals surface area contributed by atoms with Gasteiger partial charge in [-0.05, 0) is 12.1 Å². The van der Waals surface area contributed by atoms with E-state index in [1.165, 1.54) is 13.2 Å². The molecule has 1 aromatic carbocycles. The monoisotopic (exact) mass is 213 g/mol. The molecular weight excluding hydrogens is 202 g/mol. The third kappa shape index (κ3) is 2.19. The second-order valence-corrected chi connectivity index (χ2v) is 3.06. The van der Waals surface area contributed by atoms with Crippen LogP contribution in [0.3, 0.4) is 0 Å². The van der Waals surface area contributed by atoms with Crippen molar-refractivity contribution in [3.63, 3.8) is 0 Å². The fraction of sp³-hybridized carbons (Fsp3) is 0.200. The topological polar surface area (TPSA) is 55.5 Å². The molecule has 0 aliphatic rings. The van der Waals surface area contributed by atoms with Crippen LogP contribution in [0.1, 0.15) is 5.56 Å². The minimum Gasteiger partial charge on any atom is -0.504 e. The predicted octanol–water partition coefficient (Wildman–Crippen LogP) is 2.03. The summed E-state index contributed by atoms with van der Waals surface area (Å²) >= 11 is 5.93. The molecule has 1 aromatic rings. The Kier molecular flexibility index (Phi) is 3.80. The number of benzene rings is 1. The third-order valence-electron chi connectivity index (χ3n) is 1.75. The predicted molar refractivity (Wildman–Crippen MR) is 57.8 cm³/mol. The number of methoxy groups -OCH3 is 1. The number of hydrogen-bond acceptors (Lipinski definition) is 3. The molecule has 0 saturated heterocycles. The summed E-state index contributed by atoms with van der Waals surface area (Å²) < 4.78 is 5.03. The normalized spacial score (nSPS) is 10.8. The average molecular weight is 214 g/mol. The molecule has 0 aliphatic carbocycles. The quantitative estimate of drug-likeness (QED) is 0.808. The molecule has 3 N–H and O–H groups in total. The van der Waals surface area contributed by atoms with Crippen molar-refractivity contribution in [2.24, 2.45) is 5.73 Å². The molecule has 0 fully saturated rings. The second kappa shape index (κ2) is 4.88. The Hall–Kier alpha value is -1.19. The molecule has 0 aliphatic heterocycles. The SMILES string of the molecule is COc1c(O)ccc(Cl)c1/C=C/CN. The zero-order valence-electron chi connectivity index (χ0n) is 7.83. The highest BCUT2D eigenvalue weighted by molar-refractivity contribution is 6.32. The highest BCUT2D eigenvalue weighted by atomic mass is 35.5. The smallest absolute Gasteiger partial charge is 0.169 e. The molecule has 0 bridgehead atoms. The minimum atomic E-state index is 0.0635. The zero-order valence-corrected chi connectivity index (χ0v) is 8.58. The largest absolute Gasteiger partial charge is 0.504 e. The Morgan fingerprint density at radius 2 is 2.29 bits per heavy atom. The first-order valence-corrected chi connectivity index (χ1v) is 4.50. The van der Waals surface area contributed by atoms with Crippen LogP contribution < -0.4 is 10.5 Å². The summed E-state index contributed by atoms with van der Waals surface area (Å²) in [4.78, 5) is 0. The third-order valence-corrected chi connectivity index (χ3v) is 2.08. The Morgan fingerprint density at radius 1 is 1.57 bits per heavy atom. The summed E-state index contributed by atoms with van der Waals surface area (Å²) in [7, 11) is 1.48. The van der Waals surface area contributed by atoms with Gasteiger partial charge in [-0.2, -0.15) is 0 Å². The number of phenols is 1. The van der Waals surface area contributed by atoms with E-state index in [-0.39, 0.29) is 5.75 Å². The molecular formula is C10H12ClNO2. The number of nitrogens with two attached hydrogens (primary N) is 1. The van der Waals surface area contributed by atoms with Gasteiger partial charge in [0.25, 0.3) is 0 Å². The molecule has 4 heteroatoms. The number of ether oxygens (including phenoxy) is 1. The maximum atomic E-state index is 9.47. The van der Waals surface area contributed by atoms with Crippen LogP contribution in [0.15, 0.2) is 18.2 Å². The van der Waals surface area contributed by atoms with Crippen molar-refractivity contribution >= 4 is 17.7 Å². The summed E-state index contributed by atoms with van der Waals surface area (Å²) in [5.41, 5.74) is 5.96. The van der Waals surface area contributed by atoms with E-state index >= 15 is 0 Å². The highest BCUT2D eigenvalue weighted by Crippen LogP contribution is 2.35. The van der Waals surface area contributed by atoms with Gasteiger partial charge in [-0.1, -0.05) is 23.8 Å². The Morgan fingerprint density at radius 3 is 2.86 bits per heavy atom. The van der Waals surface area contributed by atoms with Crippen molar-refractivity contribution in [1.82, 2.24) is 0 Å². The fourth-order valence-corrected chi connectivity index (χ4v) is 1.33. The van der Waals surface area contributed by atoms with E-state index < -0.39 is 0 Å². The van der Waals surface area contributed by atoms with Crippen LogP contribution in [0.25, 0.3) is 6.08 Å². The van der Waals surface area contributed by atoms with Crippen LogP contribution in [-0.4, -0.2) is 18.8 Å². The number of halogens is 1. The van der Waals surface area contributed by atoms with Crippen LogP contribution in [0.2, 0.25) is 5.02 Å². The molecule has 14 heavy (non-hydrogen) atoms. The van der Waals surface area contributed by atoms with Crippen molar-refractivity contribution in [2.75, 3.05) is 13.7 Å². The number of aromatic hydroxyl groups is 1. The average Bonchev–Trinajstić information content (AvgIpc) is 2.19. The van der Waals surface area contributed by atoms with Gasteiger partial charge >= 0.3 is 0 Å². The first kappa shape index (κ1) is 10.9. The van der Waals surface area contributed by atoms with E-state index in [0.717, 1.165) is 0 Å². The van der Waals surface area contributed by atoms with Gasteiger partial charge in [0.05, 0.1) is 12.1 Å². The summed E-state index contributed by atoms with van der Waals surface area (Å²) in [6, 6.07) is 3.09. The van der Waals surface area contributed by atoms with Gasteiger partial charge in [0.1, 0.15) is 0 Å². The van der Waals surface area contributed by atoms with E-state index in [0.29, 0.717) is 22.9 Å². The van der Waals surface area contributed by atoms with Crippen molar-refractivity contribution in [1.29, 1.82) is 0 Å². The van der Waals surface area contributed by atoms with Gasteiger partial charge in [0.2, 0.25) is 0 Å². The van der Waals surface area contributed by atoms with E-state index in [4.69, 9.17) is 22.1 Å². The minimum absolute atomic E-state index is 0.0635. The summed E-state index contributed by atoms with van der Waals surface area (Å²) in [5.74, 6) is 0.427. The molecule has 0 radical (unpaired) electrons. The lowest BCUT2D eigenvalue weighted by Gasteiger charge is -2.08. The molecule has 76 valence electrons. The van der Waals surface area contributed by atoms with E-state index in [9.17, 15) is 5.11 Å². The Labute approximate surface area is 87.8 Å². The fourth-order valence-electron chi connectivity index (χ4n) is 1.12. The van der Waals surface area contributed by atoms with Gasteiger partial charge in [-0.15, -0.1) is 0 Å². The van der Waals surface area contributed by atoms with Crippen molar-refractivity contribution in [3.05, 3.63) is 28.8 Å². The van der Waals surface area contributed by atoms with Crippen molar-refractivity contribution in [3.8, 4) is 11.5 Å². The lowest BCUT2D eigenvalue weighted by atomic mass is 10.1. The summed E-state index contributed by atoms with van der Waals surface area (Å²) in [6.45, 7) is 0.412. The lowest BCUT2D eigenvalue weighted by Crippen LogP contribution is -1.93. The van der Waals surface area contributed by atoms with Crippen molar-refractivity contribution < 1.29 is 9.84 Å². The van der Waals surface area contributed by atoms with Gasteiger partial charge in [0, 0.05) is 12.1 Å². The second-order valence-electron chi connectivity index (χ2n) is 2.65. The van der Waals surface area contributed by atoms with E-state index in [1.807, 2.05) is 0 Å². The summed E-state index contributed by atoms with van der Waals surface area (Å²) in [5, 5.41) is 9.98. The zero-order chi connectivity index (χ0) is 10.6. The van der Waals surface area contributed by atoms with Gasteiger partial charge < -0.3 is 15.6 Å². The Balaban J connectivity index is 3.22. The van der Waals surface area contributed by atoms with Crippen molar-refractivity contribution in [2.45, 2.75) is 0 Å². The number of phenolic OH excluding ortho intramolecular Hbond substituents is 1. The maximum Gasteiger partial charge on any atom is 0.169 e. The van der Waals surface area contributed by atoms with E-state index in [2.05, 4.69) is 0 Å². The standard InChI is InChI=1S/C10H12ClNO2/c1-14-10-7(3-2-6-12)8(11)4-5-9(10)13/h2-5,13H,6,12H2,1H3/b3-2+. The Bertz CT molecular complexity index is 350. The maximum absolute atomic E-state index is 9.47. The molecule has 0 saturated carbocycles. The van der Waals surface area contributed by atoms with Gasteiger partial charge in [-0.3, -0.25) is 0 Å². The highest BCUT2D eigenvalue weighted by Gasteiger charge is 2.09.